The minimum atomic E-state index is -0.224. The fraction of sp³-hybridized carbons (Fsp3) is 0.227. The van der Waals surface area contributed by atoms with E-state index in [0.29, 0.717) is 30.2 Å². The Labute approximate surface area is 169 Å². The van der Waals surface area contributed by atoms with E-state index in [4.69, 9.17) is 9.47 Å². The van der Waals surface area contributed by atoms with Gasteiger partial charge >= 0.3 is 0 Å². The van der Waals surface area contributed by atoms with Crippen molar-refractivity contribution in [1.82, 2.24) is 9.97 Å². The van der Waals surface area contributed by atoms with Crippen LogP contribution in [0.5, 0.6) is 11.5 Å². The Morgan fingerprint density at radius 1 is 1.21 bits per heavy atom. The van der Waals surface area contributed by atoms with Gasteiger partial charge in [-0.2, -0.15) is 5.10 Å². The van der Waals surface area contributed by atoms with Gasteiger partial charge in [0.2, 0.25) is 5.95 Å². The highest BCUT2D eigenvalue weighted by molar-refractivity contribution is 5.85. The first-order chi connectivity index (χ1) is 14.1. The van der Waals surface area contributed by atoms with Gasteiger partial charge in [-0.25, -0.2) is 10.4 Å². The minimum absolute atomic E-state index is 0.224. The number of benzene rings is 2. The predicted molar refractivity (Wildman–Crippen MR) is 114 cm³/mol. The monoisotopic (exact) mass is 392 g/mol. The van der Waals surface area contributed by atoms with Crippen molar-refractivity contribution in [2.75, 3.05) is 12.5 Å². The van der Waals surface area contributed by atoms with Crippen molar-refractivity contribution in [1.29, 1.82) is 0 Å². The molecule has 150 valence electrons. The summed E-state index contributed by atoms with van der Waals surface area (Å²) in [6.07, 6.45) is 2.27. The van der Waals surface area contributed by atoms with Crippen LogP contribution in [0.1, 0.15) is 29.3 Å². The third kappa shape index (κ3) is 5.44. The van der Waals surface area contributed by atoms with Crippen LogP contribution in [0.4, 0.5) is 5.95 Å². The van der Waals surface area contributed by atoms with Crippen LogP contribution in [0.15, 0.2) is 58.4 Å². The molecule has 7 nitrogen and oxygen atoms in total. The molecular formula is C22H24N4O3. The van der Waals surface area contributed by atoms with Crippen molar-refractivity contribution in [3.05, 3.63) is 81.3 Å². The van der Waals surface area contributed by atoms with Crippen LogP contribution in [0.2, 0.25) is 0 Å². The molecule has 7 heteroatoms. The average Bonchev–Trinajstić information content (AvgIpc) is 2.72. The maximum atomic E-state index is 11.7. The molecule has 29 heavy (non-hydrogen) atoms. The number of hydrogen-bond donors (Lipinski definition) is 2. The van der Waals surface area contributed by atoms with Gasteiger partial charge in [0.15, 0.2) is 11.5 Å². The first-order valence-corrected chi connectivity index (χ1v) is 9.33. The van der Waals surface area contributed by atoms with E-state index in [0.717, 1.165) is 11.1 Å². The number of aryl methyl sites for hydroxylation is 2. The number of hydrazone groups is 1. The van der Waals surface area contributed by atoms with Crippen LogP contribution in [0.3, 0.4) is 0 Å². The number of anilines is 1. The highest BCUT2D eigenvalue weighted by atomic mass is 16.5. The molecule has 2 N–H and O–H groups in total. The summed E-state index contributed by atoms with van der Waals surface area (Å²) in [5.41, 5.74) is 6.20. The van der Waals surface area contributed by atoms with Crippen molar-refractivity contribution in [2.45, 2.75) is 26.9 Å². The number of rotatable bonds is 8. The zero-order chi connectivity index (χ0) is 20.6. The van der Waals surface area contributed by atoms with Gasteiger partial charge < -0.3 is 9.47 Å². The zero-order valence-corrected chi connectivity index (χ0v) is 16.7. The molecule has 2 aromatic carbocycles. The molecule has 0 fully saturated rings. The summed E-state index contributed by atoms with van der Waals surface area (Å²) >= 11 is 0. The van der Waals surface area contributed by atoms with Crippen molar-refractivity contribution < 1.29 is 9.47 Å². The summed E-state index contributed by atoms with van der Waals surface area (Å²) in [6, 6.07) is 15.2. The van der Waals surface area contributed by atoms with Gasteiger partial charge in [0, 0.05) is 17.3 Å². The van der Waals surface area contributed by atoms with Gasteiger partial charge in [0.05, 0.1) is 13.3 Å². The number of aromatic amines is 1. The second-order valence-electron chi connectivity index (χ2n) is 6.47. The van der Waals surface area contributed by atoms with E-state index in [2.05, 4.69) is 26.6 Å². The Morgan fingerprint density at radius 3 is 2.79 bits per heavy atom. The molecule has 0 bridgehead atoms. The molecule has 0 aliphatic carbocycles. The van der Waals surface area contributed by atoms with Crippen molar-refractivity contribution in [3.63, 3.8) is 0 Å². The summed E-state index contributed by atoms with van der Waals surface area (Å²) in [5, 5.41) is 4.19. The Kier molecular flexibility index (Phi) is 6.63. The van der Waals surface area contributed by atoms with Gasteiger partial charge in [-0.15, -0.1) is 0 Å². The molecule has 0 saturated carbocycles. The third-order valence-corrected chi connectivity index (χ3v) is 4.23. The molecule has 0 aliphatic heterocycles. The maximum Gasteiger partial charge on any atom is 0.252 e. The molecule has 1 aromatic heterocycles. The van der Waals surface area contributed by atoms with E-state index < -0.39 is 0 Å². The average molecular weight is 392 g/mol. The molecular weight excluding hydrogens is 368 g/mol. The number of nitrogens with one attached hydrogen (secondary N) is 2. The first kappa shape index (κ1) is 20.1. The standard InChI is InChI=1S/C22H24N4O3/c1-4-18-12-20(27)25-22(24-18)26-23-13-17-9-6-10-19(28-3)21(17)29-14-16-8-5-7-15(2)11-16/h5-13H,4,14H2,1-3H3,(H2,24,25,26,27)/b23-13-. The van der Waals surface area contributed by atoms with E-state index in [-0.39, 0.29) is 11.5 Å². The Morgan fingerprint density at radius 2 is 2.03 bits per heavy atom. The first-order valence-electron chi connectivity index (χ1n) is 9.33. The van der Waals surface area contributed by atoms with Gasteiger partial charge in [-0.3, -0.25) is 9.78 Å². The van der Waals surface area contributed by atoms with Gasteiger partial charge in [-0.05, 0) is 31.0 Å². The molecule has 3 rings (SSSR count). The Balaban J connectivity index is 1.79. The molecule has 0 radical (unpaired) electrons. The third-order valence-electron chi connectivity index (χ3n) is 4.23. The van der Waals surface area contributed by atoms with Crippen LogP contribution in [0.25, 0.3) is 0 Å². The smallest absolute Gasteiger partial charge is 0.252 e. The van der Waals surface area contributed by atoms with Crippen LogP contribution in [0, 0.1) is 6.92 Å². The maximum absolute atomic E-state index is 11.7. The van der Waals surface area contributed by atoms with Crippen LogP contribution in [-0.2, 0) is 13.0 Å². The lowest BCUT2D eigenvalue weighted by Crippen LogP contribution is -2.11. The van der Waals surface area contributed by atoms with Crippen molar-refractivity contribution in [2.24, 2.45) is 5.10 Å². The Hall–Kier alpha value is -3.61. The number of ether oxygens (including phenoxy) is 2. The highest BCUT2D eigenvalue weighted by Crippen LogP contribution is 2.31. The summed E-state index contributed by atoms with van der Waals surface area (Å²) < 4.78 is 11.5. The molecule has 0 aliphatic rings. The van der Waals surface area contributed by atoms with Gasteiger partial charge in [0.1, 0.15) is 6.61 Å². The van der Waals surface area contributed by atoms with Crippen molar-refractivity contribution >= 4 is 12.2 Å². The highest BCUT2D eigenvalue weighted by Gasteiger charge is 2.10. The molecule has 1 heterocycles. The van der Waals surface area contributed by atoms with E-state index in [9.17, 15) is 4.79 Å². The summed E-state index contributed by atoms with van der Waals surface area (Å²) in [6.45, 7) is 4.38. The molecule has 0 spiro atoms. The summed E-state index contributed by atoms with van der Waals surface area (Å²) in [4.78, 5) is 18.6. The number of methoxy groups -OCH3 is 1. The quantitative estimate of drug-likeness (QED) is 0.451. The van der Waals surface area contributed by atoms with E-state index in [1.165, 1.54) is 11.6 Å². The predicted octanol–water partition coefficient (Wildman–Crippen LogP) is 3.67. The lowest BCUT2D eigenvalue weighted by Gasteiger charge is -2.13. The number of H-pyrrole nitrogens is 1. The normalized spacial score (nSPS) is 10.9. The van der Waals surface area contributed by atoms with Gasteiger partial charge in [0.25, 0.3) is 5.56 Å². The van der Waals surface area contributed by atoms with E-state index in [1.807, 2.05) is 50.2 Å². The topological polar surface area (TPSA) is 88.6 Å². The van der Waals surface area contributed by atoms with Gasteiger partial charge in [-0.1, -0.05) is 42.8 Å². The fourth-order valence-electron chi connectivity index (χ4n) is 2.81. The lowest BCUT2D eigenvalue weighted by atomic mass is 10.1. The molecule has 0 saturated heterocycles. The number of nitrogens with zero attached hydrogens (tertiary/aromatic N) is 2. The van der Waals surface area contributed by atoms with E-state index >= 15 is 0 Å². The van der Waals surface area contributed by atoms with Crippen molar-refractivity contribution in [3.8, 4) is 11.5 Å². The molecule has 0 atom stereocenters. The molecule has 0 unspecified atom stereocenters. The Bertz CT molecular complexity index is 1060. The lowest BCUT2D eigenvalue weighted by molar-refractivity contribution is 0.284. The summed E-state index contributed by atoms with van der Waals surface area (Å²) in [5.74, 6) is 1.49. The number of aromatic nitrogens is 2. The second kappa shape index (κ2) is 9.54. The largest absolute Gasteiger partial charge is 0.493 e. The minimum Gasteiger partial charge on any atom is -0.493 e. The second-order valence-corrected chi connectivity index (χ2v) is 6.47. The number of hydrogen-bond acceptors (Lipinski definition) is 6. The molecule has 3 aromatic rings. The zero-order valence-electron chi connectivity index (χ0n) is 16.7. The summed E-state index contributed by atoms with van der Waals surface area (Å²) in [7, 11) is 1.60. The number of para-hydroxylation sites is 1. The fourth-order valence-corrected chi connectivity index (χ4v) is 2.81. The van der Waals surface area contributed by atoms with Crippen LogP contribution >= 0.6 is 0 Å². The van der Waals surface area contributed by atoms with E-state index in [1.54, 1.807) is 13.3 Å². The van der Waals surface area contributed by atoms with Crippen LogP contribution in [-0.4, -0.2) is 23.3 Å². The SMILES string of the molecule is CCc1cc(=O)[nH]c(N/N=C\c2cccc(OC)c2OCc2cccc(C)c2)n1. The van der Waals surface area contributed by atoms with Crippen LogP contribution < -0.4 is 20.5 Å². The molecule has 0 amide bonds.